The molecular weight excluding hydrogens is 487 g/mol. The molecule has 0 aliphatic carbocycles. The average Bonchev–Trinajstić information content (AvgIpc) is 2.90. The number of hydrogen-bond donors (Lipinski definition) is 0. The smallest absolute Gasteiger partial charge is 0.495 e. The summed E-state index contributed by atoms with van der Waals surface area (Å²) in [5.41, 5.74) is 2.64. The standard InChI is InChI=1S/C27H35BClF2NO4/c1-18-11-20(29)12-24(28-35-25(2,3)26(4,5)36-28)23(18)13-22-15-32(16-27(30,31)17-34-22)14-19-7-9-21(33-6)10-8-19/h7-12,22H,13-17H2,1-6H3. The van der Waals surface area contributed by atoms with E-state index in [9.17, 15) is 8.78 Å². The quantitative estimate of drug-likeness (QED) is 0.499. The number of hydrogen-bond acceptors (Lipinski definition) is 5. The van der Waals surface area contributed by atoms with E-state index in [1.165, 1.54) is 0 Å². The molecule has 0 amide bonds. The summed E-state index contributed by atoms with van der Waals surface area (Å²) in [6, 6.07) is 11.2. The van der Waals surface area contributed by atoms with Gasteiger partial charge in [0.1, 0.15) is 12.4 Å². The number of ether oxygens (including phenoxy) is 2. The summed E-state index contributed by atoms with van der Waals surface area (Å²) in [6.45, 7) is 9.74. The molecule has 2 aliphatic rings. The van der Waals surface area contributed by atoms with E-state index < -0.39 is 37.0 Å². The van der Waals surface area contributed by atoms with Crippen molar-refractivity contribution in [2.45, 2.75) is 70.8 Å². The molecule has 1 unspecified atom stereocenters. The molecule has 2 aromatic carbocycles. The summed E-state index contributed by atoms with van der Waals surface area (Å²) >= 11 is 6.43. The normalized spacial score (nSPS) is 23.5. The number of alkyl halides is 2. The maximum atomic E-state index is 14.6. The van der Waals surface area contributed by atoms with Gasteiger partial charge in [0, 0.05) is 18.1 Å². The minimum Gasteiger partial charge on any atom is -0.497 e. The summed E-state index contributed by atoms with van der Waals surface area (Å²) in [7, 11) is 0.994. The first-order valence-electron chi connectivity index (χ1n) is 12.3. The zero-order chi connectivity index (χ0) is 26.3. The van der Waals surface area contributed by atoms with Crippen molar-refractivity contribution in [1.82, 2.24) is 4.90 Å². The van der Waals surface area contributed by atoms with E-state index in [1.807, 2.05) is 71.0 Å². The van der Waals surface area contributed by atoms with Crippen LogP contribution in [-0.4, -0.2) is 62.1 Å². The second-order valence-corrected chi connectivity index (χ2v) is 11.3. The highest BCUT2D eigenvalue weighted by molar-refractivity contribution is 6.63. The molecule has 5 nitrogen and oxygen atoms in total. The Kier molecular flexibility index (Phi) is 7.76. The van der Waals surface area contributed by atoms with Crippen molar-refractivity contribution >= 4 is 24.2 Å². The second-order valence-electron chi connectivity index (χ2n) is 10.9. The Balaban J connectivity index is 1.58. The number of benzene rings is 2. The van der Waals surface area contributed by atoms with E-state index >= 15 is 0 Å². The third kappa shape index (κ3) is 6.05. The van der Waals surface area contributed by atoms with Gasteiger partial charge in [0.25, 0.3) is 5.92 Å². The molecule has 9 heteroatoms. The van der Waals surface area contributed by atoms with Gasteiger partial charge < -0.3 is 18.8 Å². The van der Waals surface area contributed by atoms with Gasteiger partial charge in [0.05, 0.1) is 31.0 Å². The van der Waals surface area contributed by atoms with Crippen LogP contribution in [0, 0.1) is 6.92 Å². The predicted molar refractivity (Wildman–Crippen MR) is 139 cm³/mol. The van der Waals surface area contributed by atoms with Gasteiger partial charge in [-0.2, -0.15) is 0 Å². The third-order valence-corrected chi connectivity index (χ3v) is 7.64. The van der Waals surface area contributed by atoms with Crippen LogP contribution in [0.15, 0.2) is 36.4 Å². The minimum absolute atomic E-state index is 0.362. The zero-order valence-electron chi connectivity index (χ0n) is 21.9. The third-order valence-electron chi connectivity index (χ3n) is 7.42. The highest BCUT2D eigenvalue weighted by Crippen LogP contribution is 2.37. The highest BCUT2D eigenvalue weighted by Gasteiger charge is 2.52. The van der Waals surface area contributed by atoms with Gasteiger partial charge >= 0.3 is 7.12 Å². The van der Waals surface area contributed by atoms with Crippen molar-refractivity contribution in [3.63, 3.8) is 0 Å². The maximum absolute atomic E-state index is 14.6. The molecule has 1 atom stereocenters. The van der Waals surface area contributed by atoms with Gasteiger partial charge in [0.15, 0.2) is 0 Å². The Hall–Kier alpha value is -1.71. The van der Waals surface area contributed by atoms with Crippen LogP contribution in [-0.2, 0) is 27.0 Å². The highest BCUT2D eigenvalue weighted by atomic mass is 35.5. The molecule has 0 saturated carbocycles. The number of methoxy groups -OCH3 is 1. The van der Waals surface area contributed by atoms with Crippen LogP contribution in [0.1, 0.15) is 44.4 Å². The Morgan fingerprint density at radius 1 is 1.08 bits per heavy atom. The molecule has 0 spiro atoms. The van der Waals surface area contributed by atoms with E-state index in [2.05, 4.69) is 0 Å². The summed E-state index contributed by atoms with van der Waals surface area (Å²) < 4.78 is 52.9. The lowest BCUT2D eigenvalue weighted by atomic mass is 9.73. The number of aryl methyl sites for hydroxylation is 1. The Bertz CT molecular complexity index is 1060. The van der Waals surface area contributed by atoms with E-state index in [-0.39, 0.29) is 6.54 Å². The van der Waals surface area contributed by atoms with Crippen LogP contribution >= 0.6 is 11.6 Å². The maximum Gasteiger partial charge on any atom is 0.495 e. The lowest BCUT2D eigenvalue weighted by Crippen LogP contribution is -2.41. The van der Waals surface area contributed by atoms with Crippen molar-refractivity contribution in [2.75, 3.05) is 26.8 Å². The lowest BCUT2D eigenvalue weighted by molar-refractivity contribution is -0.0820. The largest absolute Gasteiger partial charge is 0.497 e. The molecule has 0 aromatic heterocycles. The first kappa shape index (κ1) is 27.3. The molecule has 36 heavy (non-hydrogen) atoms. The van der Waals surface area contributed by atoms with Crippen LogP contribution in [0.2, 0.25) is 5.02 Å². The van der Waals surface area contributed by atoms with Gasteiger partial charge in [-0.15, -0.1) is 0 Å². The van der Waals surface area contributed by atoms with Crippen LogP contribution < -0.4 is 10.2 Å². The van der Waals surface area contributed by atoms with E-state index in [1.54, 1.807) is 12.0 Å². The summed E-state index contributed by atoms with van der Waals surface area (Å²) in [5, 5.41) is 0.579. The molecule has 2 saturated heterocycles. The molecule has 0 N–H and O–H groups in total. The fraction of sp³-hybridized carbons (Fsp3) is 0.556. The van der Waals surface area contributed by atoms with Crippen molar-refractivity contribution in [2.24, 2.45) is 0 Å². The zero-order valence-corrected chi connectivity index (χ0v) is 22.6. The molecule has 196 valence electrons. The minimum atomic E-state index is -2.94. The van der Waals surface area contributed by atoms with Crippen molar-refractivity contribution in [3.05, 3.63) is 58.1 Å². The van der Waals surface area contributed by atoms with Crippen LogP contribution in [0.4, 0.5) is 8.78 Å². The number of halogens is 3. The topological polar surface area (TPSA) is 40.2 Å². The van der Waals surface area contributed by atoms with Gasteiger partial charge in [0.2, 0.25) is 0 Å². The van der Waals surface area contributed by atoms with E-state index in [0.29, 0.717) is 24.5 Å². The second kappa shape index (κ2) is 10.2. The fourth-order valence-electron chi connectivity index (χ4n) is 4.74. The molecular formula is C27H35BClF2NO4. The van der Waals surface area contributed by atoms with Crippen molar-refractivity contribution in [1.29, 1.82) is 0 Å². The van der Waals surface area contributed by atoms with Crippen molar-refractivity contribution < 1.29 is 27.6 Å². The molecule has 4 rings (SSSR count). The Morgan fingerprint density at radius 2 is 1.72 bits per heavy atom. The first-order valence-corrected chi connectivity index (χ1v) is 12.7. The summed E-state index contributed by atoms with van der Waals surface area (Å²) in [6.07, 6.45) is 0.00936. The Labute approximate surface area is 218 Å². The molecule has 0 radical (unpaired) electrons. The van der Waals surface area contributed by atoms with Gasteiger partial charge in [-0.3, -0.25) is 4.90 Å². The number of nitrogens with zero attached hydrogens (tertiary/aromatic N) is 1. The molecule has 2 heterocycles. The average molecular weight is 522 g/mol. The molecule has 0 bridgehead atoms. The van der Waals surface area contributed by atoms with E-state index in [0.717, 1.165) is 27.9 Å². The first-order chi connectivity index (χ1) is 16.8. The number of rotatable bonds is 6. The summed E-state index contributed by atoms with van der Waals surface area (Å²) in [5.74, 6) is -2.21. The Morgan fingerprint density at radius 3 is 2.33 bits per heavy atom. The van der Waals surface area contributed by atoms with Gasteiger partial charge in [-0.1, -0.05) is 23.7 Å². The van der Waals surface area contributed by atoms with E-state index in [4.69, 9.17) is 30.4 Å². The SMILES string of the molecule is COc1ccc(CN2CC(Cc3c(C)cc(Cl)cc3B3OC(C)(C)C(C)(C)O3)OCC(F)(F)C2)cc1. The van der Waals surface area contributed by atoms with Crippen LogP contribution in [0.25, 0.3) is 0 Å². The molecule has 2 aromatic rings. The lowest BCUT2D eigenvalue weighted by Gasteiger charge is -2.32. The van der Waals surface area contributed by atoms with Gasteiger partial charge in [-0.05, 0) is 87.5 Å². The van der Waals surface area contributed by atoms with Crippen LogP contribution in [0.5, 0.6) is 5.75 Å². The monoisotopic (exact) mass is 521 g/mol. The molecule has 2 fully saturated rings. The molecule has 2 aliphatic heterocycles. The predicted octanol–water partition coefficient (Wildman–Crippen LogP) is 5.04. The fourth-order valence-corrected chi connectivity index (χ4v) is 5.02. The van der Waals surface area contributed by atoms with Gasteiger partial charge in [-0.25, -0.2) is 8.78 Å². The van der Waals surface area contributed by atoms with Crippen LogP contribution in [0.3, 0.4) is 0 Å². The van der Waals surface area contributed by atoms with Crippen molar-refractivity contribution in [3.8, 4) is 5.75 Å². The summed E-state index contributed by atoms with van der Waals surface area (Å²) in [4.78, 5) is 1.76.